The largest absolute Gasteiger partial charge is 0.496 e. The Balaban J connectivity index is 2.64. The molecule has 3 N–H and O–H groups in total. The van der Waals surface area contributed by atoms with Crippen LogP contribution >= 0.6 is 11.6 Å². The molecule has 0 saturated carbocycles. The molecule has 1 rings (SSSR count). The maximum atomic E-state index is 11.9. The van der Waals surface area contributed by atoms with Gasteiger partial charge in [0.2, 0.25) is 5.91 Å². The summed E-state index contributed by atoms with van der Waals surface area (Å²) in [5, 5.41) is 3.42. The summed E-state index contributed by atoms with van der Waals surface area (Å²) >= 11 is 5.88. The highest BCUT2D eigenvalue weighted by molar-refractivity contribution is 6.30. The molecule has 19 heavy (non-hydrogen) atoms. The van der Waals surface area contributed by atoms with E-state index in [1.54, 1.807) is 19.2 Å². The van der Waals surface area contributed by atoms with Gasteiger partial charge in [-0.05, 0) is 18.1 Å². The molecule has 0 heterocycles. The van der Waals surface area contributed by atoms with Crippen LogP contribution in [0.5, 0.6) is 5.75 Å². The second kappa shape index (κ2) is 7.36. The van der Waals surface area contributed by atoms with Crippen molar-refractivity contribution in [1.29, 1.82) is 0 Å². The van der Waals surface area contributed by atoms with Gasteiger partial charge in [0, 0.05) is 17.1 Å². The Morgan fingerprint density at radius 3 is 2.79 bits per heavy atom. The molecule has 0 saturated heterocycles. The number of rotatable bonds is 6. The number of nitrogens with two attached hydrogens (primary N) is 1. The van der Waals surface area contributed by atoms with Crippen LogP contribution in [0.3, 0.4) is 0 Å². The van der Waals surface area contributed by atoms with E-state index in [4.69, 9.17) is 22.1 Å². The highest BCUT2D eigenvalue weighted by Gasteiger charge is 2.19. The molecular formula is C14H21ClN2O2. The maximum absolute atomic E-state index is 11.9. The van der Waals surface area contributed by atoms with E-state index in [9.17, 15) is 4.79 Å². The number of methoxy groups -OCH3 is 1. The third-order valence-electron chi connectivity index (χ3n) is 3.26. The van der Waals surface area contributed by atoms with Crippen LogP contribution in [0, 0.1) is 5.92 Å². The van der Waals surface area contributed by atoms with Crippen molar-refractivity contribution in [2.75, 3.05) is 7.11 Å². The SMILES string of the molecule is CCC(C)C(N)C(=O)NCc1ccc(Cl)cc1OC. The van der Waals surface area contributed by atoms with Gasteiger partial charge in [-0.15, -0.1) is 0 Å². The Morgan fingerprint density at radius 2 is 2.21 bits per heavy atom. The van der Waals surface area contributed by atoms with Crippen molar-refractivity contribution >= 4 is 17.5 Å². The first-order valence-corrected chi connectivity index (χ1v) is 6.73. The Kier molecular flexibility index (Phi) is 6.12. The average Bonchev–Trinajstić information content (AvgIpc) is 2.43. The summed E-state index contributed by atoms with van der Waals surface area (Å²) < 4.78 is 5.22. The lowest BCUT2D eigenvalue weighted by Gasteiger charge is -2.18. The highest BCUT2D eigenvalue weighted by Crippen LogP contribution is 2.22. The van der Waals surface area contributed by atoms with Gasteiger partial charge in [-0.1, -0.05) is 37.9 Å². The zero-order valence-corrected chi connectivity index (χ0v) is 12.3. The molecular weight excluding hydrogens is 264 g/mol. The zero-order valence-electron chi connectivity index (χ0n) is 11.6. The smallest absolute Gasteiger partial charge is 0.237 e. The van der Waals surface area contributed by atoms with E-state index in [1.807, 2.05) is 19.9 Å². The molecule has 1 aromatic rings. The molecule has 1 amide bonds. The number of nitrogens with one attached hydrogen (secondary N) is 1. The number of halogens is 1. The minimum absolute atomic E-state index is 0.147. The number of carbonyl (C=O) groups is 1. The van der Waals surface area contributed by atoms with E-state index >= 15 is 0 Å². The number of ether oxygens (including phenoxy) is 1. The van der Waals surface area contributed by atoms with Crippen molar-refractivity contribution in [1.82, 2.24) is 5.32 Å². The molecule has 0 fully saturated rings. The summed E-state index contributed by atoms with van der Waals surface area (Å²) in [6.45, 7) is 4.36. The van der Waals surface area contributed by atoms with Crippen molar-refractivity contribution < 1.29 is 9.53 Å². The number of hydrogen-bond acceptors (Lipinski definition) is 3. The minimum atomic E-state index is -0.483. The lowest BCUT2D eigenvalue weighted by molar-refractivity contribution is -0.123. The molecule has 0 aliphatic heterocycles. The summed E-state index contributed by atoms with van der Waals surface area (Å²) in [5.41, 5.74) is 6.74. The molecule has 0 bridgehead atoms. The van der Waals surface area contributed by atoms with Gasteiger partial charge < -0.3 is 15.8 Å². The first-order valence-electron chi connectivity index (χ1n) is 6.35. The molecule has 0 aromatic heterocycles. The van der Waals surface area contributed by atoms with Crippen molar-refractivity contribution in [2.45, 2.75) is 32.9 Å². The molecule has 0 spiro atoms. The highest BCUT2D eigenvalue weighted by atomic mass is 35.5. The first kappa shape index (κ1) is 15.8. The molecule has 5 heteroatoms. The third kappa shape index (κ3) is 4.40. The normalized spacial score (nSPS) is 13.7. The van der Waals surface area contributed by atoms with Crippen LogP contribution in [0.1, 0.15) is 25.8 Å². The molecule has 2 unspecified atom stereocenters. The number of hydrogen-bond donors (Lipinski definition) is 2. The molecule has 1 aromatic carbocycles. The van der Waals surface area contributed by atoms with Crippen molar-refractivity contribution in [3.63, 3.8) is 0 Å². The number of carbonyl (C=O) groups excluding carboxylic acids is 1. The van der Waals surface area contributed by atoms with Crippen LogP contribution in [-0.4, -0.2) is 19.1 Å². The first-order chi connectivity index (χ1) is 8.99. The van der Waals surface area contributed by atoms with Crippen molar-refractivity contribution in [3.05, 3.63) is 28.8 Å². The Hall–Kier alpha value is -1.26. The van der Waals surface area contributed by atoms with Gasteiger partial charge in [-0.25, -0.2) is 0 Å². The molecule has 4 nitrogen and oxygen atoms in total. The fraction of sp³-hybridized carbons (Fsp3) is 0.500. The average molecular weight is 285 g/mol. The monoisotopic (exact) mass is 284 g/mol. The van der Waals surface area contributed by atoms with Gasteiger partial charge in [-0.2, -0.15) is 0 Å². The van der Waals surface area contributed by atoms with Crippen LogP contribution < -0.4 is 15.8 Å². The van der Waals surface area contributed by atoms with E-state index in [-0.39, 0.29) is 11.8 Å². The maximum Gasteiger partial charge on any atom is 0.237 e. The summed E-state index contributed by atoms with van der Waals surface area (Å²) in [7, 11) is 1.57. The molecule has 2 atom stereocenters. The van der Waals surface area contributed by atoms with Gasteiger partial charge in [0.25, 0.3) is 0 Å². The lowest BCUT2D eigenvalue weighted by Crippen LogP contribution is -2.44. The van der Waals surface area contributed by atoms with E-state index < -0.39 is 6.04 Å². The second-order valence-corrected chi connectivity index (χ2v) is 5.02. The fourth-order valence-electron chi connectivity index (χ4n) is 1.68. The van der Waals surface area contributed by atoms with Crippen LogP contribution in [0.25, 0.3) is 0 Å². The molecule has 106 valence electrons. The molecule has 0 aliphatic carbocycles. The van der Waals surface area contributed by atoms with Crippen molar-refractivity contribution in [2.24, 2.45) is 11.7 Å². The van der Waals surface area contributed by atoms with E-state index in [0.717, 1.165) is 12.0 Å². The summed E-state index contributed by atoms with van der Waals surface area (Å²) in [6, 6.07) is 4.83. The quantitative estimate of drug-likeness (QED) is 0.843. The summed E-state index contributed by atoms with van der Waals surface area (Å²) in [5.74, 6) is 0.670. The number of amides is 1. The van der Waals surface area contributed by atoms with Crippen LogP contribution in [0.2, 0.25) is 5.02 Å². The Bertz CT molecular complexity index is 437. The predicted octanol–water partition coefficient (Wildman–Crippen LogP) is 2.34. The third-order valence-corrected chi connectivity index (χ3v) is 3.50. The Labute approximate surface area is 119 Å². The standard InChI is InChI=1S/C14H21ClN2O2/c1-4-9(2)13(16)14(18)17-8-10-5-6-11(15)7-12(10)19-3/h5-7,9,13H,4,8,16H2,1-3H3,(H,17,18). The molecule has 0 radical (unpaired) electrons. The zero-order chi connectivity index (χ0) is 14.4. The van der Waals surface area contributed by atoms with Crippen LogP contribution in [0.15, 0.2) is 18.2 Å². The second-order valence-electron chi connectivity index (χ2n) is 4.59. The van der Waals surface area contributed by atoms with Crippen LogP contribution in [-0.2, 0) is 11.3 Å². The topological polar surface area (TPSA) is 64.4 Å². The summed E-state index contributed by atoms with van der Waals surface area (Å²) in [6.07, 6.45) is 0.874. The Morgan fingerprint density at radius 1 is 1.53 bits per heavy atom. The minimum Gasteiger partial charge on any atom is -0.496 e. The molecule has 0 aliphatic rings. The van der Waals surface area contributed by atoms with E-state index in [0.29, 0.717) is 17.3 Å². The fourth-order valence-corrected chi connectivity index (χ4v) is 1.84. The van der Waals surface area contributed by atoms with Gasteiger partial charge in [-0.3, -0.25) is 4.79 Å². The van der Waals surface area contributed by atoms with Gasteiger partial charge in [0.15, 0.2) is 0 Å². The number of benzene rings is 1. The van der Waals surface area contributed by atoms with Gasteiger partial charge in [0.05, 0.1) is 13.2 Å². The van der Waals surface area contributed by atoms with Gasteiger partial charge in [0.1, 0.15) is 5.75 Å². The van der Waals surface area contributed by atoms with Gasteiger partial charge >= 0.3 is 0 Å². The van der Waals surface area contributed by atoms with E-state index in [2.05, 4.69) is 5.32 Å². The summed E-state index contributed by atoms with van der Waals surface area (Å²) in [4.78, 5) is 11.9. The lowest BCUT2D eigenvalue weighted by atomic mass is 9.99. The van der Waals surface area contributed by atoms with Crippen molar-refractivity contribution in [3.8, 4) is 5.75 Å². The van der Waals surface area contributed by atoms with E-state index in [1.165, 1.54) is 0 Å². The predicted molar refractivity (Wildman–Crippen MR) is 77.3 cm³/mol. The van der Waals surface area contributed by atoms with Crippen LogP contribution in [0.4, 0.5) is 0 Å².